The first kappa shape index (κ1) is 29.0. The van der Waals surface area contributed by atoms with E-state index in [-0.39, 0.29) is 11.9 Å². The van der Waals surface area contributed by atoms with E-state index in [1.807, 2.05) is 45.6 Å². The number of benzene rings is 2. The fourth-order valence-corrected chi connectivity index (χ4v) is 7.40. The predicted octanol–water partition coefficient (Wildman–Crippen LogP) is 5.09. The van der Waals surface area contributed by atoms with Crippen molar-refractivity contribution < 1.29 is 33.2 Å². The number of fused-ring (bicyclic) bond motifs is 6. The summed E-state index contributed by atoms with van der Waals surface area (Å²) in [7, 11) is 0. The van der Waals surface area contributed by atoms with Gasteiger partial charge in [-0.25, -0.2) is 0 Å². The third-order valence-electron chi connectivity index (χ3n) is 9.14. The number of hydrogen-bond donors (Lipinski definition) is 0. The van der Waals surface area contributed by atoms with Crippen LogP contribution >= 0.6 is 0 Å². The van der Waals surface area contributed by atoms with Crippen molar-refractivity contribution >= 4 is 16.8 Å². The van der Waals surface area contributed by atoms with Crippen molar-refractivity contribution in [1.29, 1.82) is 0 Å². The van der Waals surface area contributed by atoms with Crippen LogP contribution in [-0.2, 0) is 52.8 Å². The maximum absolute atomic E-state index is 15.0. The number of hydrogen-bond acceptors (Lipinski definition) is 7. The predicted molar refractivity (Wildman–Crippen MR) is 159 cm³/mol. The Labute approximate surface area is 252 Å². The van der Waals surface area contributed by atoms with Gasteiger partial charge in [0.1, 0.15) is 18.9 Å². The van der Waals surface area contributed by atoms with Crippen LogP contribution in [0.15, 0.2) is 54.6 Å². The normalized spacial score (nSPS) is 30.7. The Balaban J connectivity index is 1.31. The van der Waals surface area contributed by atoms with Gasteiger partial charge in [0, 0.05) is 24.2 Å². The Morgan fingerprint density at radius 1 is 0.977 bits per heavy atom. The van der Waals surface area contributed by atoms with E-state index in [1.165, 1.54) is 16.5 Å². The third-order valence-corrected chi connectivity index (χ3v) is 9.14. The molecule has 43 heavy (non-hydrogen) atoms. The molecule has 4 aliphatic rings. The SMILES string of the molecule is CCOCn1c2c(c3ccccc31)CCN(C(=O)[C@@]13O[C@H]4COC(C)(C)O[C@H]4[C@@H]1OC(C)(C)O3)[C@@H]2CCc1ccccc1. The van der Waals surface area contributed by atoms with E-state index in [4.69, 9.17) is 28.4 Å². The molecule has 5 atom stereocenters. The van der Waals surface area contributed by atoms with Crippen molar-refractivity contribution in [3.8, 4) is 0 Å². The van der Waals surface area contributed by atoms with Crippen LogP contribution in [0.2, 0.25) is 0 Å². The number of aromatic nitrogens is 1. The highest BCUT2D eigenvalue weighted by atomic mass is 16.9. The number of carbonyl (C=O) groups excluding carboxylic acids is 1. The Hall–Kier alpha value is -2.79. The fourth-order valence-electron chi connectivity index (χ4n) is 7.40. The van der Waals surface area contributed by atoms with E-state index in [1.54, 1.807) is 0 Å². The van der Waals surface area contributed by atoms with Gasteiger partial charge in [0.2, 0.25) is 0 Å². The molecule has 3 aromatic rings. The van der Waals surface area contributed by atoms with Gasteiger partial charge in [0.15, 0.2) is 17.7 Å². The van der Waals surface area contributed by atoms with E-state index < -0.39 is 35.7 Å². The summed E-state index contributed by atoms with van der Waals surface area (Å²) >= 11 is 0. The Kier molecular flexibility index (Phi) is 7.19. The number of rotatable bonds is 7. The van der Waals surface area contributed by atoms with E-state index >= 15 is 4.79 Å². The molecule has 1 aromatic heterocycles. The van der Waals surface area contributed by atoms with Crippen molar-refractivity contribution in [2.45, 2.75) is 102 Å². The Morgan fingerprint density at radius 2 is 1.74 bits per heavy atom. The molecule has 0 bridgehead atoms. The first-order valence-corrected chi connectivity index (χ1v) is 15.5. The molecule has 0 aliphatic carbocycles. The zero-order valence-electron chi connectivity index (χ0n) is 25.7. The van der Waals surface area contributed by atoms with Gasteiger partial charge in [0.25, 0.3) is 11.7 Å². The number of para-hydroxylation sites is 1. The molecule has 0 saturated carbocycles. The average molecular weight is 591 g/mol. The van der Waals surface area contributed by atoms with Crippen LogP contribution in [0.3, 0.4) is 0 Å². The topological polar surface area (TPSA) is 80.6 Å². The number of carbonyl (C=O) groups is 1. The zero-order valence-corrected chi connectivity index (χ0v) is 25.7. The summed E-state index contributed by atoms with van der Waals surface area (Å²) in [5, 5.41) is 1.21. The van der Waals surface area contributed by atoms with Gasteiger partial charge in [-0.2, -0.15) is 0 Å². The molecule has 4 aliphatic heterocycles. The van der Waals surface area contributed by atoms with E-state index in [2.05, 4.69) is 53.1 Å². The lowest BCUT2D eigenvalue weighted by Gasteiger charge is -2.41. The van der Waals surface area contributed by atoms with Crippen LogP contribution in [-0.4, -0.2) is 70.8 Å². The molecule has 3 fully saturated rings. The number of amides is 1. The second-order valence-corrected chi connectivity index (χ2v) is 12.9. The summed E-state index contributed by atoms with van der Waals surface area (Å²) in [5.74, 6) is -3.71. The highest BCUT2D eigenvalue weighted by Crippen LogP contribution is 2.51. The molecular formula is C34H42N2O7. The Bertz CT molecular complexity index is 1500. The Morgan fingerprint density at radius 3 is 2.53 bits per heavy atom. The molecule has 3 saturated heterocycles. The summed E-state index contributed by atoms with van der Waals surface area (Å²) in [5.41, 5.74) is 4.74. The number of ether oxygens (including phenoxy) is 6. The van der Waals surface area contributed by atoms with Gasteiger partial charge in [-0.3, -0.25) is 4.79 Å². The van der Waals surface area contributed by atoms with E-state index in [0.717, 1.165) is 24.1 Å². The molecule has 0 unspecified atom stereocenters. The molecule has 1 amide bonds. The number of aryl methyl sites for hydroxylation is 1. The lowest BCUT2D eigenvalue weighted by Crippen LogP contribution is -2.57. The van der Waals surface area contributed by atoms with Crippen LogP contribution in [0.5, 0.6) is 0 Å². The van der Waals surface area contributed by atoms with Crippen LogP contribution in [0, 0.1) is 0 Å². The largest absolute Gasteiger partial charge is 0.361 e. The van der Waals surface area contributed by atoms with E-state index in [9.17, 15) is 0 Å². The van der Waals surface area contributed by atoms with E-state index in [0.29, 0.717) is 32.9 Å². The maximum atomic E-state index is 15.0. The first-order chi connectivity index (χ1) is 20.6. The first-order valence-electron chi connectivity index (χ1n) is 15.5. The monoisotopic (exact) mass is 590 g/mol. The molecule has 2 aromatic carbocycles. The van der Waals surface area contributed by atoms with Crippen molar-refractivity contribution in [2.24, 2.45) is 0 Å². The molecule has 9 heteroatoms. The molecule has 0 radical (unpaired) electrons. The van der Waals surface area contributed by atoms with Gasteiger partial charge in [-0.15, -0.1) is 0 Å². The smallest absolute Gasteiger partial charge is 0.286 e. The summed E-state index contributed by atoms with van der Waals surface area (Å²) in [6.07, 6.45) is 0.547. The minimum Gasteiger partial charge on any atom is -0.361 e. The van der Waals surface area contributed by atoms with Crippen LogP contribution in [0.25, 0.3) is 10.9 Å². The van der Waals surface area contributed by atoms with Crippen LogP contribution < -0.4 is 0 Å². The van der Waals surface area contributed by atoms with Crippen molar-refractivity contribution in [1.82, 2.24) is 9.47 Å². The molecule has 9 nitrogen and oxygen atoms in total. The molecule has 7 rings (SSSR count). The molecule has 0 spiro atoms. The highest BCUT2D eigenvalue weighted by Gasteiger charge is 2.72. The standard InChI is InChI=1S/C34H42N2O7/c1-6-38-21-36-25-15-11-10-14-23(25)24-18-19-35(26(28(24)36)17-16-22-12-8-7-9-13-22)31(37)34-30(42-33(4,5)43-34)29-27(40-34)20-39-32(2,3)41-29/h7-15,26-27,29-30H,6,16-21H2,1-5H3/t26-,27+,29-,30+,34-/m1/s1. The molecule has 230 valence electrons. The second kappa shape index (κ2) is 10.7. The van der Waals surface area contributed by atoms with Gasteiger partial charge < -0.3 is 37.9 Å². The van der Waals surface area contributed by atoms with Gasteiger partial charge in [-0.1, -0.05) is 48.5 Å². The zero-order chi connectivity index (χ0) is 30.0. The van der Waals surface area contributed by atoms with Crippen LogP contribution in [0.4, 0.5) is 0 Å². The lowest BCUT2D eigenvalue weighted by molar-refractivity contribution is -0.325. The summed E-state index contributed by atoms with van der Waals surface area (Å²) in [6, 6.07) is 18.7. The molecule has 0 N–H and O–H groups in total. The maximum Gasteiger partial charge on any atom is 0.286 e. The minimum absolute atomic E-state index is 0.226. The second-order valence-electron chi connectivity index (χ2n) is 12.9. The summed E-state index contributed by atoms with van der Waals surface area (Å²) in [6.45, 7) is 11.2. The molecular weight excluding hydrogens is 548 g/mol. The van der Waals surface area contributed by atoms with Gasteiger partial charge in [-0.05, 0) is 71.1 Å². The quantitative estimate of drug-likeness (QED) is 0.379. The van der Waals surface area contributed by atoms with Gasteiger partial charge >= 0.3 is 0 Å². The minimum atomic E-state index is -1.64. The van der Waals surface area contributed by atoms with Crippen molar-refractivity contribution in [3.05, 3.63) is 71.4 Å². The van der Waals surface area contributed by atoms with Crippen molar-refractivity contribution in [2.75, 3.05) is 19.8 Å². The van der Waals surface area contributed by atoms with Crippen LogP contribution in [0.1, 0.15) is 63.9 Å². The van der Waals surface area contributed by atoms with Crippen molar-refractivity contribution in [3.63, 3.8) is 0 Å². The summed E-state index contributed by atoms with van der Waals surface area (Å²) < 4.78 is 39.9. The average Bonchev–Trinajstić information content (AvgIpc) is 3.57. The summed E-state index contributed by atoms with van der Waals surface area (Å²) in [4.78, 5) is 17.0. The fraction of sp³-hybridized carbons (Fsp3) is 0.559. The van der Waals surface area contributed by atoms with Gasteiger partial charge in [0.05, 0.1) is 18.2 Å². The number of nitrogens with zero attached hydrogens (tertiary/aromatic N) is 2. The highest BCUT2D eigenvalue weighted by molar-refractivity contribution is 5.89. The third kappa shape index (κ3) is 4.90. The molecule has 5 heterocycles. The lowest BCUT2D eigenvalue weighted by atomic mass is 9.91.